The first-order valence-electron chi connectivity index (χ1n) is 4.52. The molecule has 0 fully saturated rings. The smallest absolute Gasteiger partial charge is 0.325 e. The molecule has 3 nitrogen and oxygen atoms in total. The molecule has 0 aromatic heterocycles. The van der Waals surface area contributed by atoms with Crippen LogP contribution >= 0.6 is 11.6 Å². The third-order valence-corrected chi connectivity index (χ3v) is 2.09. The summed E-state index contributed by atoms with van der Waals surface area (Å²) >= 11 is 5.34. The van der Waals surface area contributed by atoms with Crippen LogP contribution in [0.3, 0.4) is 0 Å². The molecule has 80 valence electrons. The van der Waals surface area contributed by atoms with Gasteiger partial charge in [0.15, 0.2) is 0 Å². The van der Waals surface area contributed by atoms with Gasteiger partial charge in [-0.2, -0.15) is 0 Å². The Kier molecular flexibility index (Phi) is 4.87. The summed E-state index contributed by atoms with van der Waals surface area (Å²) in [6.07, 6.45) is 1.65. The predicted molar refractivity (Wildman–Crippen MR) is 59.8 cm³/mol. The summed E-state index contributed by atoms with van der Waals surface area (Å²) in [6, 6.07) is 8.32. The van der Waals surface area contributed by atoms with Crippen molar-refractivity contribution in [3.63, 3.8) is 0 Å². The second-order valence-corrected chi connectivity index (χ2v) is 3.20. The third-order valence-electron chi connectivity index (χ3n) is 1.91. The normalized spacial score (nSPS) is 12.9. The zero-order valence-electron chi connectivity index (χ0n) is 8.06. The van der Waals surface area contributed by atoms with E-state index in [-0.39, 0.29) is 0 Å². The molecule has 0 radical (unpaired) electrons. The number of nitrogens with one attached hydrogen (secondary N) is 1. The van der Waals surface area contributed by atoms with Crippen LogP contribution in [0.2, 0.25) is 0 Å². The molecule has 0 saturated carbocycles. The van der Waals surface area contributed by atoms with Gasteiger partial charge in [0.25, 0.3) is 0 Å². The van der Waals surface area contributed by atoms with Gasteiger partial charge in [0.2, 0.25) is 0 Å². The first kappa shape index (κ1) is 11.8. The van der Waals surface area contributed by atoms with Crippen molar-refractivity contribution in [3.8, 4) is 0 Å². The number of rotatable bonds is 5. The van der Waals surface area contributed by atoms with E-state index in [1.54, 1.807) is 18.2 Å². The fraction of sp³-hybridized carbons (Fsp3) is 0.182. The first-order valence-corrected chi connectivity index (χ1v) is 4.95. The SMILES string of the molecule is O=C(O)C(NCC=CCl)c1ccccc1. The van der Waals surface area contributed by atoms with Gasteiger partial charge < -0.3 is 5.11 Å². The summed E-state index contributed by atoms with van der Waals surface area (Å²) < 4.78 is 0. The highest BCUT2D eigenvalue weighted by Crippen LogP contribution is 2.12. The number of aliphatic carboxylic acids is 1. The molecule has 1 aromatic rings. The zero-order chi connectivity index (χ0) is 11.1. The number of halogens is 1. The van der Waals surface area contributed by atoms with Gasteiger partial charge in [0, 0.05) is 12.1 Å². The van der Waals surface area contributed by atoms with Gasteiger partial charge in [-0.15, -0.1) is 0 Å². The number of carbonyl (C=O) groups is 1. The standard InChI is InChI=1S/C11H12ClNO2/c12-7-4-8-13-10(11(14)15)9-5-2-1-3-6-9/h1-7,10,13H,8H2,(H,14,15). The number of hydrogen-bond donors (Lipinski definition) is 2. The summed E-state index contributed by atoms with van der Waals surface area (Å²) in [5.74, 6) is -0.899. The molecule has 1 unspecified atom stereocenters. The molecular formula is C11H12ClNO2. The van der Waals surface area contributed by atoms with Gasteiger partial charge in [-0.3, -0.25) is 10.1 Å². The second-order valence-electron chi connectivity index (χ2n) is 2.95. The molecule has 2 N–H and O–H groups in total. The highest BCUT2D eigenvalue weighted by molar-refractivity contribution is 6.25. The van der Waals surface area contributed by atoms with Gasteiger partial charge in [-0.1, -0.05) is 48.0 Å². The molecule has 0 saturated heterocycles. The summed E-state index contributed by atoms with van der Waals surface area (Å²) in [6.45, 7) is 0.426. The Morgan fingerprint density at radius 2 is 2.13 bits per heavy atom. The Morgan fingerprint density at radius 1 is 1.47 bits per heavy atom. The molecular weight excluding hydrogens is 214 g/mol. The van der Waals surface area contributed by atoms with Crippen molar-refractivity contribution in [2.45, 2.75) is 6.04 Å². The molecule has 4 heteroatoms. The zero-order valence-corrected chi connectivity index (χ0v) is 8.82. The monoisotopic (exact) mass is 225 g/mol. The Bertz CT molecular complexity index is 338. The van der Waals surface area contributed by atoms with Crippen LogP contribution in [-0.4, -0.2) is 17.6 Å². The maximum absolute atomic E-state index is 11.0. The highest BCUT2D eigenvalue weighted by Gasteiger charge is 2.17. The summed E-state index contributed by atoms with van der Waals surface area (Å²) in [5, 5.41) is 11.9. The average molecular weight is 226 g/mol. The summed E-state index contributed by atoms with van der Waals surface area (Å²) in [7, 11) is 0. The maximum atomic E-state index is 11.0. The quantitative estimate of drug-likeness (QED) is 0.808. The molecule has 1 rings (SSSR count). The molecule has 1 atom stereocenters. The molecule has 0 spiro atoms. The van der Waals surface area contributed by atoms with Crippen molar-refractivity contribution >= 4 is 17.6 Å². The van der Waals surface area contributed by atoms with Crippen molar-refractivity contribution in [2.75, 3.05) is 6.54 Å². The fourth-order valence-corrected chi connectivity index (χ4v) is 1.31. The van der Waals surface area contributed by atoms with Crippen molar-refractivity contribution in [1.82, 2.24) is 5.32 Å². The Morgan fingerprint density at radius 3 is 2.67 bits per heavy atom. The first-order chi connectivity index (χ1) is 7.25. The average Bonchev–Trinajstić information content (AvgIpc) is 2.25. The van der Waals surface area contributed by atoms with Crippen LogP contribution in [0.4, 0.5) is 0 Å². The summed E-state index contributed by atoms with van der Waals surface area (Å²) in [5.41, 5.74) is 2.09. The van der Waals surface area contributed by atoms with Gasteiger partial charge in [0.1, 0.15) is 6.04 Å². The van der Waals surface area contributed by atoms with Gasteiger partial charge in [-0.25, -0.2) is 0 Å². The maximum Gasteiger partial charge on any atom is 0.325 e. The van der Waals surface area contributed by atoms with Crippen LogP contribution in [0.1, 0.15) is 11.6 Å². The van der Waals surface area contributed by atoms with E-state index in [4.69, 9.17) is 16.7 Å². The summed E-state index contributed by atoms with van der Waals surface area (Å²) in [4.78, 5) is 11.0. The number of benzene rings is 1. The lowest BCUT2D eigenvalue weighted by molar-refractivity contribution is -0.139. The van der Waals surface area contributed by atoms with Crippen LogP contribution in [0.5, 0.6) is 0 Å². The molecule has 0 aliphatic carbocycles. The minimum atomic E-state index is -0.899. The number of hydrogen-bond acceptors (Lipinski definition) is 2. The lowest BCUT2D eigenvalue weighted by atomic mass is 10.1. The molecule has 0 aliphatic rings. The minimum Gasteiger partial charge on any atom is -0.480 e. The number of carboxylic acids is 1. The molecule has 0 amide bonds. The molecule has 0 heterocycles. The van der Waals surface area contributed by atoms with Gasteiger partial charge in [0.05, 0.1) is 0 Å². The van der Waals surface area contributed by atoms with E-state index in [1.807, 2.05) is 18.2 Å². The van der Waals surface area contributed by atoms with E-state index in [0.717, 1.165) is 5.56 Å². The molecule has 0 aliphatic heterocycles. The van der Waals surface area contributed by atoms with Crippen LogP contribution in [-0.2, 0) is 4.79 Å². The predicted octanol–water partition coefficient (Wildman–Crippen LogP) is 2.15. The lowest BCUT2D eigenvalue weighted by Gasteiger charge is -2.12. The van der Waals surface area contributed by atoms with Crippen LogP contribution < -0.4 is 5.32 Å². The van der Waals surface area contributed by atoms with Crippen molar-refractivity contribution in [3.05, 3.63) is 47.5 Å². The van der Waals surface area contributed by atoms with E-state index in [9.17, 15) is 4.79 Å². The van der Waals surface area contributed by atoms with E-state index < -0.39 is 12.0 Å². The molecule has 0 bridgehead atoms. The topological polar surface area (TPSA) is 49.3 Å². The minimum absolute atomic E-state index is 0.426. The van der Waals surface area contributed by atoms with Crippen molar-refractivity contribution in [1.29, 1.82) is 0 Å². The van der Waals surface area contributed by atoms with Gasteiger partial charge >= 0.3 is 5.97 Å². The Hall–Kier alpha value is -1.32. The number of carboxylic acid groups (broad SMARTS) is 1. The van der Waals surface area contributed by atoms with E-state index in [1.165, 1.54) is 5.54 Å². The molecule has 15 heavy (non-hydrogen) atoms. The lowest BCUT2D eigenvalue weighted by Crippen LogP contribution is -2.28. The van der Waals surface area contributed by atoms with Crippen molar-refractivity contribution in [2.24, 2.45) is 0 Å². The van der Waals surface area contributed by atoms with Crippen LogP contribution in [0.25, 0.3) is 0 Å². The second kappa shape index (κ2) is 6.22. The van der Waals surface area contributed by atoms with Crippen LogP contribution in [0.15, 0.2) is 41.9 Å². The largest absolute Gasteiger partial charge is 0.480 e. The van der Waals surface area contributed by atoms with Gasteiger partial charge in [-0.05, 0) is 5.56 Å². The van der Waals surface area contributed by atoms with E-state index in [0.29, 0.717) is 6.54 Å². The third kappa shape index (κ3) is 3.73. The Labute approximate surface area is 93.4 Å². The van der Waals surface area contributed by atoms with Crippen molar-refractivity contribution < 1.29 is 9.90 Å². The Balaban J connectivity index is 2.71. The van der Waals surface area contributed by atoms with E-state index in [2.05, 4.69) is 5.32 Å². The van der Waals surface area contributed by atoms with E-state index >= 15 is 0 Å². The highest BCUT2D eigenvalue weighted by atomic mass is 35.5. The fourth-order valence-electron chi connectivity index (χ4n) is 1.22. The molecule has 1 aromatic carbocycles. The van der Waals surface area contributed by atoms with Crippen LogP contribution in [0, 0.1) is 0 Å².